The Labute approximate surface area is 295 Å². The van der Waals surface area contributed by atoms with Crippen molar-refractivity contribution in [1.29, 1.82) is 0 Å². The van der Waals surface area contributed by atoms with E-state index in [1.54, 1.807) is 19.3 Å². The number of imidazole rings is 1. The maximum absolute atomic E-state index is 14.4. The molecule has 51 heavy (non-hydrogen) atoms. The van der Waals surface area contributed by atoms with E-state index in [-0.39, 0.29) is 31.2 Å². The molecule has 16 heteroatoms. The van der Waals surface area contributed by atoms with E-state index in [9.17, 15) is 32.7 Å². The summed E-state index contributed by atoms with van der Waals surface area (Å²) < 4.78 is 35.7. The Morgan fingerprint density at radius 3 is 2.65 bits per heavy atom. The summed E-state index contributed by atoms with van der Waals surface area (Å²) in [7, 11) is -4.00. The van der Waals surface area contributed by atoms with Gasteiger partial charge in [-0.3, -0.25) is 23.5 Å². The summed E-state index contributed by atoms with van der Waals surface area (Å²) in [5.74, 6) is -2.16. The van der Waals surface area contributed by atoms with E-state index in [0.29, 0.717) is 36.8 Å². The molecular weight excluding hydrogens is 678 g/mol. The normalized spacial score (nSPS) is 30.8. The average molecular weight is 722 g/mol. The van der Waals surface area contributed by atoms with Crippen LogP contribution >= 0.6 is 0 Å². The predicted octanol–water partition coefficient (Wildman–Crippen LogP) is 2.75. The van der Waals surface area contributed by atoms with Gasteiger partial charge in [-0.15, -0.1) is 0 Å². The van der Waals surface area contributed by atoms with Crippen molar-refractivity contribution in [3.05, 3.63) is 48.8 Å². The van der Waals surface area contributed by atoms with Crippen LogP contribution in [-0.2, 0) is 24.4 Å². The first kappa shape index (κ1) is 34.7. The predicted molar refractivity (Wildman–Crippen MR) is 185 cm³/mol. The molecule has 3 aromatic rings. The van der Waals surface area contributed by atoms with Crippen LogP contribution in [0, 0.1) is 17.8 Å². The number of para-hydroxylation sites is 1. The van der Waals surface area contributed by atoms with Crippen molar-refractivity contribution < 1.29 is 37.4 Å². The molecule has 15 nitrogen and oxygen atoms in total. The Morgan fingerprint density at radius 1 is 1.14 bits per heavy atom. The third-order valence-corrected chi connectivity index (χ3v) is 13.2. The summed E-state index contributed by atoms with van der Waals surface area (Å²) >= 11 is 0. The minimum absolute atomic E-state index is 0.00630. The summed E-state index contributed by atoms with van der Waals surface area (Å²) in [5, 5.41) is 15.7. The quantitative estimate of drug-likeness (QED) is 0.274. The fraction of sp³-hybridized carbons (Fsp3) is 0.543. The molecule has 1 aromatic carbocycles. The van der Waals surface area contributed by atoms with Gasteiger partial charge < -0.3 is 25.4 Å². The van der Waals surface area contributed by atoms with Crippen LogP contribution in [0.3, 0.4) is 0 Å². The molecule has 4 heterocycles. The zero-order valence-electron chi connectivity index (χ0n) is 28.7. The van der Waals surface area contributed by atoms with E-state index in [0.717, 1.165) is 11.9 Å². The van der Waals surface area contributed by atoms with E-state index in [1.807, 2.05) is 54.7 Å². The minimum atomic E-state index is -4.00. The lowest BCUT2D eigenvalue weighted by Crippen LogP contribution is -2.59. The third kappa shape index (κ3) is 6.49. The number of nitrogens with one attached hydrogen (secondary N) is 3. The number of aromatic nitrogens is 3. The van der Waals surface area contributed by atoms with Gasteiger partial charge in [-0.2, -0.15) is 4.98 Å². The lowest BCUT2D eigenvalue weighted by molar-refractivity contribution is -0.142. The fourth-order valence-corrected chi connectivity index (χ4v) is 8.87. The standard InChI is InChI=1S/C35H43N7O8S/c1-20-8-4-5-9-22-18-35(22,31(45)40-51(48,49)34(3)12-13-34)39-28(43)26-17-23(19-42(26)30(44)27(21(2)16-20)37-33(46)47)50-29-24-10-6-7-11-25(24)41-15-14-36-32(41)38-29/h5-7,9-11,14-15,20-23,26-27,37H,4,8,12-13,16-19H2,1-3H3,(H,39,43)(H,40,45)(H,46,47)/t20-,21+,22+,23+,26-,27-,35+/m0/s1. The number of carbonyl (C=O) groups is 4. The Morgan fingerprint density at radius 2 is 1.90 bits per heavy atom. The molecule has 7 atom stereocenters. The second-order valence-corrected chi connectivity index (χ2v) is 17.1. The average Bonchev–Trinajstić information content (AvgIpc) is 3.86. The van der Waals surface area contributed by atoms with Crippen molar-refractivity contribution in [1.82, 2.24) is 34.6 Å². The highest BCUT2D eigenvalue weighted by atomic mass is 32.2. The maximum Gasteiger partial charge on any atom is 0.405 e. The van der Waals surface area contributed by atoms with Gasteiger partial charge in [0, 0.05) is 24.7 Å². The number of carboxylic acid groups (broad SMARTS) is 1. The van der Waals surface area contributed by atoms with Crippen LogP contribution in [0.15, 0.2) is 48.8 Å². The lowest BCUT2D eigenvalue weighted by atomic mass is 9.88. The summed E-state index contributed by atoms with van der Waals surface area (Å²) in [6.45, 7) is 5.35. The number of ether oxygens (including phenoxy) is 1. The summed E-state index contributed by atoms with van der Waals surface area (Å²) in [5.41, 5.74) is -0.748. The number of hydrogen-bond donors (Lipinski definition) is 4. The Kier molecular flexibility index (Phi) is 8.71. The second kappa shape index (κ2) is 12.8. The zero-order valence-corrected chi connectivity index (χ0v) is 29.6. The number of allylic oxidation sites excluding steroid dienone is 1. The van der Waals surface area contributed by atoms with Crippen LogP contribution in [0.5, 0.6) is 5.88 Å². The van der Waals surface area contributed by atoms with E-state index in [1.165, 1.54) is 4.90 Å². The van der Waals surface area contributed by atoms with Crippen LogP contribution in [0.2, 0.25) is 0 Å². The number of sulfonamides is 1. The van der Waals surface area contributed by atoms with Crippen molar-refractivity contribution in [3.63, 3.8) is 0 Å². The molecule has 1 saturated heterocycles. The third-order valence-electron chi connectivity index (χ3n) is 11.0. The highest BCUT2D eigenvalue weighted by molar-refractivity contribution is 7.91. The minimum Gasteiger partial charge on any atom is -0.472 e. The summed E-state index contributed by atoms with van der Waals surface area (Å²) in [6, 6.07) is 5.14. The molecule has 4 aliphatic rings. The topological polar surface area (TPSA) is 201 Å². The van der Waals surface area contributed by atoms with Gasteiger partial charge in [0.15, 0.2) is 0 Å². The van der Waals surface area contributed by atoms with Crippen LogP contribution in [0.25, 0.3) is 16.7 Å². The van der Waals surface area contributed by atoms with Gasteiger partial charge in [-0.25, -0.2) is 18.2 Å². The molecule has 7 rings (SSSR count). The molecule has 0 unspecified atom stereocenters. The van der Waals surface area contributed by atoms with Crippen LogP contribution in [0.1, 0.15) is 65.7 Å². The SMILES string of the molecule is C[C@H]1CCC=C[C@@H]2C[C@@]2(C(=O)NS(=O)(=O)C2(C)CC2)NC(=O)[C@@H]2C[C@@H](Oc3nc4nccn4c4ccccc34)CN2C(=O)[C@@H](NC(=O)O)[C@H](C)C1. The molecule has 272 valence electrons. The van der Waals surface area contributed by atoms with E-state index in [4.69, 9.17) is 4.74 Å². The summed E-state index contributed by atoms with van der Waals surface area (Å²) in [4.78, 5) is 64.7. The number of rotatable bonds is 6. The van der Waals surface area contributed by atoms with Gasteiger partial charge >= 0.3 is 6.09 Å². The monoisotopic (exact) mass is 721 g/mol. The molecule has 2 aliphatic carbocycles. The number of benzene rings is 1. The highest BCUT2D eigenvalue weighted by Gasteiger charge is 2.63. The molecule has 4 amide bonds. The molecule has 4 N–H and O–H groups in total. The largest absolute Gasteiger partial charge is 0.472 e. The fourth-order valence-electron chi connectivity index (χ4n) is 7.56. The number of carbonyl (C=O) groups excluding carboxylic acids is 3. The lowest BCUT2D eigenvalue weighted by Gasteiger charge is -2.32. The second-order valence-electron chi connectivity index (χ2n) is 14.9. The van der Waals surface area contributed by atoms with Gasteiger partial charge in [0.2, 0.25) is 33.5 Å². The first-order valence-electron chi connectivity index (χ1n) is 17.5. The van der Waals surface area contributed by atoms with Gasteiger partial charge in [0.1, 0.15) is 23.7 Å². The van der Waals surface area contributed by atoms with Gasteiger partial charge in [0.25, 0.3) is 5.91 Å². The number of nitrogens with zero attached hydrogens (tertiary/aromatic N) is 4. The molecule has 0 bridgehead atoms. The first-order valence-corrected chi connectivity index (χ1v) is 18.9. The van der Waals surface area contributed by atoms with Crippen molar-refractivity contribution >= 4 is 50.5 Å². The van der Waals surface area contributed by atoms with Gasteiger partial charge in [-0.1, -0.05) is 38.1 Å². The van der Waals surface area contributed by atoms with E-state index >= 15 is 0 Å². The molecule has 0 radical (unpaired) electrons. The van der Waals surface area contributed by atoms with Crippen LogP contribution in [-0.4, -0.2) is 91.6 Å². The van der Waals surface area contributed by atoms with E-state index in [2.05, 4.69) is 25.3 Å². The molecule has 2 aromatic heterocycles. The van der Waals surface area contributed by atoms with Crippen LogP contribution in [0.4, 0.5) is 4.79 Å². The molecule has 3 fully saturated rings. The van der Waals surface area contributed by atoms with E-state index < -0.39 is 74.1 Å². The Bertz CT molecular complexity index is 2050. The van der Waals surface area contributed by atoms with Crippen molar-refractivity contribution in [3.8, 4) is 5.88 Å². The Hall–Kier alpha value is -4.73. The van der Waals surface area contributed by atoms with Crippen molar-refractivity contribution in [2.24, 2.45) is 17.8 Å². The summed E-state index contributed by atoms with van der Waals surface area (Å²) in [6.07, 6.45) is 8.05. The number of hydrogen-bond acceptors (Lipinski definition) is 9. The molecule has 0 spiro atoms. The van der Waals surface area contributed by atoms with Crippen molar-refractivity contribution in [2.75, 3.05) is 6.54 Å². The highest BCUT2D eigenvalue weighted by Crippen LogP contribution is 2.47. The number of amides is 4. The number of fused-ring (bicyclic) bond motifs is 5. The molecular formula is C35H43N7O8S. The maximum atomic E-state index is 14.4. The van der Waals surface area contributed by atoms with Gasteiger partial charge in [-0.05, 0) is 69.4 Å². The smallest absolute Gasteiger partial charge is 0.405 e. The van der Waals surface area contributed by atoms with Gasteiger partial charge in [0.05, 0.1) is 22.2 Å². The molecule has 2 saturated carbocycles. The molecule has 2 aliphatic heterocycles. The zero-order chi connectivity index (χ0) is 36.3. The first-order chi connectivity index (χ1) is 24.2. The Balaban J connectivity index is 1.23. The van der Waals surface area contributed by atoms with Crippen molar-refractivity contribution in [2.45, 2.75) is 94.2 Å². The van der Waals surface area contributed by atoms with Crippen LogP contribution < -0.4 is 20.1 Å².